The predicted octanol–water partition coefficient (Wildman–Crippen LogP) is 2.23. The fraction of sp³-hybridized carbons (Fsp3) is 0.533. The number of nitrogens with one attached hydrogen (secondary N) is 1. The fourth-order valence-corrected chi connectivity index (χ4v) is 2.82. The Morgan fingerprint density at radius 3 is 2.16 bits per heavy atom. The van der Waals surface area contributed by atoms with E-state index in [0.29, 0.717) is 0 Å². The summed E-state index contributed by atoms with van der Waals surface area (Å²) in [5, 5.41) is 2.73. The average Bonchev–Trinajstić information content (AvgIpc) is 2.38. The molecular weight excluding hydrogens is 238 g/mol. The Bertz CT molecular complexity index is 431. The maximum absolute atomic E-state index is 11.9. The third kappa shape index (κ3) is 2.83. The smallest absolute Gasteiger partial charge is 0.317 e. The van der Waals surface area contributed by atoms with Crippen molar-refractivity contribution in [2.45, 2.75) is 32.9 Å². The van der Waals surface area contributed by atoms with Gasteiger partial charge in [-0.25, -0.2) is 4.79 Å². The summed E-state index contributed by atoms with van der Waals surface area (Å²) < 4.78 is 0. The highest BCUT2D eigenvalue weighted by Gasteiger charge is 2.32. The van der Waals surface area contributed by atoms with E-state index in [-0.39, 0.29) is 18.1 Å². The molecule has 0 saturated carbocycles. The summed E-state index contributed by atoms with van der Waals surface area (Å²) in [5.74, 6) is 0. The fourth-order valence-electron chi connectivity index (χ4n) is 2.82. The van der Waals surface area contributed by atoms with Gasteiger partial charge in [0.15, 0.2) is 0 Å². The lowest BCUT2D eigenvalue weighted by Gasteiger charge is -2.45. The number of hydrogen-bond acceptors (Lipinski definition) is 2. The lowest BCUT2D eigenvalue weighted by molar-refractivity contribution is 0.144. The Morgan fingerprint density at radius 2 is 1.68 bits per heavy atom. The van der Waals surface area contributed by atoms with E-state index < -0.39 is 0 Å². The molecule has 1 fully saturated rings. The number of anilines is 1. The molecule has 4 heteroatoms. The standard InChI is InChI=1S/C15H23N3O/c1-11-5-7-14(8-6-11)17-9-12(2)18(13(3)10-17)15(19)16-4/h5-8,12-13H,9-10H2,1-4H3,(H,16,19). The summed E-state index contributed by atoms with van der Waals surface area (Å²) in [6.45, 7) is 8.05. The number of carbonyl (C=O) groups is 1. The second kappa shape index (κ2) is 5.51. The van der Waals surface area contributed by atoms with Crippen LogP contribution >= 0.6 is 0 Å². The number of rotatable bonds is 1. The largest absolute Gasteiger partial charge is 0.367 e. The highest BCUT2D eigenvalue weighted by atomic mass is 16.2. The number of benzene rings is 1. The maximum atomic E-state index is 11.9. The zero-order valence-electron chi connectivity index (χ0n) is 12.2. The molecule has 1 aliphatic rings. The second-order valence-corrected chi connectivity index (χ2v) is 5.40. The zero-order valence-corrected chi connectivity index (χ0v) is 12.2. The second-order valence-electron chi connectivity index (χ2n) is 5.40. The summed E-state index contributed by atoms with van der Waals surface area (Å²) in [5.41, 5.74) is 2.51. The molecule has 2 rings (SSSR count). The Labute approximate surface area is 115 Å². The number of amides is 2. The first-order valence-corrected chi connectivity index (χ1v) is 6.84. The first-order valence-electron chi connectivity index (χ1n) is 6.84. The van der Waals surface area contributed by atoms with E-state index in [1.54, 1.807) is 7.05 Å². The lowest BCUT2D eigenvalue weighted by Crippen LogP contribution is -2.60. The molecule has 0 aliphatic carbocycles. The number of carbonyl (C=O) groups excluding carboxylic acids is 1. The topological polar surface area (TPSA) is 35.6 Å². The highest BCUT2D eigenvalue weighted by molar-refractivity contribution is 5.75. The third-order valence-corrected chi connectivity index (χ3v) is 3.77. The van der Waals surface area contributed by atoms with Crippen molar-refractivity contribution in [3.05, 3.63) is 29.8 Å². The summed E-state index contributed by atoms with van der Waals surface area (Å²) in [7, 11) is 1.69. The minimum atomic E-state index is 0.0172. The van der Waals surface area contributed by atoms with Gasteiger partial charge in [-0.05, 0) is 32.9 Å². The van der Waals surface area contributed by atoms with Crippen molar-refractivity contribution in [1.29, 1.82) is 0 Å². The molecule has 1 heterocycles. The molecule has 1 N–H and O–H groups in total. The van der Waals surface area contributed by atoms with Crippen LogP contribution in [0.3, 0.4) is 0 Å². The van der Waals surface area contributed by atoms with Gasteiger partial charge >= 0.3 is 6.03 Å². The van der Waals surface area contributed by atoms with E-state index >= 15 is 0 Å². The highest BCUT2D eigenvalue weighted by Crippen LogP contribution is 2.22. The van der Waals surface area contributed by atoms with E-state index in [1.807, 2.05) is 4.90 Å². The molecule has 2 unspecified atom stereocenters. The van der Waals surface area contributed by atoms with Gasteiger partial charge in [0.25, 0.3) is 0 Å². The number of nitrogens with zero attached hydrogens (tertiary/aromatic N) is 2. The quantitative estimate of drug-likeness (QED) is 0.841. The maximum Gasteiger partial charge on any atom is 0.317 e. The van der Waals surface area contributed by atoms with E-state index in [4.69, 9.17) is 0 Å². The van der Waals surface area contributed by atoms with Crippen LogP contribution in [0.15, 0.2) is 24.3 Å². The molecule has 1 aliphatic heterocycles. The van der Waals surface area contributed by atoms with Gasteiger partial charge in [-0.2, -0.15) is 0 Å². The van der Waals surface area contributed by atoms with Crippen LogP contribution in [0.25, 0.3) is 0 Å². The van der Waals surface area contributed by atoms with E-state index in [9.17, 15) is 4.79 Å². The van der Waals surface area contributed by atoms with E-state index in [2.05, 4.69) is 55.3 Å². The van der Waals surface area contributed by atoms with Gasteiger partial charge in [0.05, 0.1) is 0 Å². The molecule has 19 heavy (non-hydrogen) atoms. The Morgan fingerprint density at radius 1 is 1.16 bits per heavy atom. The van der Waals surface area contributed by atoms with Crippen molar-refractivity contribution in [3.63, 3.8) is 0 Å². The normalized spacial score (nSPS) is 23.4. The monoisotopic (exact) mass is 261 g/mol. The van der Waals surface area contributed by atoms with Gasteiger partial charge in [0.1, 0.15) is 0 Å². The van der Waals surface area contributed by atoms with Gasteiger partial charge in [0.2, 0.25) is 0 Å². The van der Waals surface area contributed by atoms with Crippen molar-refractivity contribution in [2.75, 3.05) is 25.0 Å². The minimum Gasteiger partial charge on any atom is -0.367 e. The number of piperazine rings is 1. The first kappa shape index (κ1) is 13.7. The SMILES string of the molecule is CNC(=O)N1C(C)CN(c2ccc(C)cc2)CC1C. The lowest BCUT2D eigenvalue weighted by atomic mass is 10.1. The van der Waals surface area contributed by atoms with Crippen LogP contribution in [0.5, 0.6) is 0 Å². The van der Waals surface area contributed by atoms with Crippen LogP contribution in [0.1, 0.15) is 19.4 Å². The summed E-state index contributed by atoms with van der Waals surface area (Å²) in [6.07, 6.45) is 0. The van der Waals surface area contributed by atoms with Crippen LogP contribution in [0.4, 0.5) is 10.5 Å². The molecular formula is C15H23N3O. The molecule has 0 bridgehead atoms. The van der Waals surface area contributed by atoms with E-state index in [1.165, 1.54) is 11.3 Å². The molecule has 104 valence electrons. The molecule has 1 saturated heterocycles. The van der Waals surface area contributed by atoms with Crippen molar-refractivity contribution in [2.24, 2.45) is 0 Å². The molecule has 2 amide bonds. The number of urea groups is 1. The number of hydrogen-bond donors (Lipinski definition) is 1. The Kier molecular flexibility index (Phi) is 3.98. The van der Waals surface area contributed by atoms with Crippen molar-refractivity contribution < 1.29 is 4.79 Å². The number of aryl methyl sites for hydroxylation is 1. The molecule has 1 aromatic carbocycles. The summed E-state index contributed by atoms with van der Waals surface area (Å²) in [6, 6.07) is 9.03. The molecule has 0 aromatic heterocycles. The minimum absolute atomic E-state index is 0.0172. The molecule has 2 atom stereocenters. The molecule has 0 radical (unpaired) electrons. The molecule has 4 nitrogen and oxygen atoms in total. The van der Waals surface area contributed by atoms with Crippen LogP contribution < -0.4 is 10.2 Å². The summed E-state index contributed by atoms with van der Waals surface area (Å²) >= 11 is 0. The average molecular weight is 261 g/mol. The van der Waals surface area contributed by atoms with Crippen molar-refractivity contribution in [3.8, 4) is 0 Å². The van der Waals surface area contributed by atoms with Gasteiger partial charge in [-0.15, -0.1) is 0 Å². The van der Waals surface area contributed by atoms with Gasteiger partial charge in [0, 0.05) is 37.9 Å². The molecule has 1 aromatic rings. The Balaban J connectivity index is 2.13. The molecule has 0 spiro atoms. The summed E-state index contributed by atoms with van der Waals surface area (Å²) in [4.78, 5) is 16.2. The van der Waals surface area contributed by atoms with Crippen molar-refractivity contribution >= 4 is 11.7 Å². The Hall–Kier alpha value is -1.71. The van der Waals surface area contributed by atoms with Gasteiger partial charge in [-0.1, -0.05) is 17.7 Å². The van der Waals surface area contributed by atoms with Crippen LogP contribution in [-0.2, 0) is 0 Å². The predicted molar refractivity (Wildman–Crippen MR) is 78.6 cm³/mol. The van der Waals surface area contributed by atoms with Gasteiger partial charge < -0.3 is 15.1 Å². The zero-order chi connectivity index (χ0) is 14.0. The van der Waals surface area contributed by atoms with Crippen LogP contribution in [0, 0.1) is 6.92 Å². The third-order valence-electron chi connectivity index (χ3n) is 3.77. The van der Waals surface area contributed by atoms with Crippen molar-refractivity contribution in [1.82, 2.24) is 10.2 Å². The van der Waals surface area contributed by atoms with E-state index in [0.717, 1.165) is 13.1 Å². The van der Waals surface area contributed by atoms with Crippen LogP contribution in [-0.4, -0.2) is 43.2 Å². The first-order chi connectivity index (χ1) is 9.02. The van der Waals surface area contributed by atoms with Gasteiger partial charge in [-0.3, -0.25) is 0 Å². The van der Waals surface area contributed by atoms with Crippen LogP contribution in [0.2, 0.25) is 0 Å².